The first-order valence-corrected chi connectivity index (χ1v) is 9.13. The largest absolute Gasteiger partial charge is 0.468 e. The number of esters is 2. The highest BCUT2D eigenvalue weighted by molar-refractivity contribution is 6.00. The molecule has 0 N–H and O–H groups in total. The van der Waals surface area contributed by atoms with Crippen molar-refractivity contribution in [1.82, 2.24) is 0 Å². The third-order valence-corrected chi connectivity index (χ3v) is 4.54. The van der Waals surface area contributed by atoms with E-state index in [0.29, 0.717) is 0 Å². The quantitative estimate of drug-likeness (QED) is 0.383. The number of benzene rings is 2. The molecule has 0 atom stereocenters. The lowest BCUT2D eigenvalue weighted by atomic mass is 9.80. The van der Waals surface area contributed by atoms with Crippen LogP contribution in [0.3, 0.4) is 0 Å². The molecular weight excluding hydrogens is 352 g/mol. The number of carbonyl (C=O) groups is 2. The fourth-order valence-corrected chi connectivity index (χ4v) is 3.03. The van der Waals surface area contributed by atoms with Crippen molar-refractivity contribution >= 4 is 28.8 Å². The maximum atomic E-state index is 12.5. The van der Waals surface area contributed by atoms with Gasteiger partial charge in [-0.2, -0.15) is 0 Å². The molecule has 0 heterocycles. The summed E-state index contributed by atoms with van der Waals surface area (Å²) in [7, 11) is 2.55. The van der Waals surface area contributed by atoms with Crippen molar-refractivity contribution in [3.05, 3.63) is 71.5 Å². The topological polar surface area (TPSA) is 52.6 Å². The molecule has 0 unspecified atom stereocenters. The van der Waals surface area contributed by atoms with E-state index in [4.69, 9.17) is 9.47 Å². The Morgan fingerprint density at radius 1 is 0.964 bits per heavy atom. The van der Waals surface area contributed by atoms with Gasteiger partial charge < -0.3 is 9.47 Å². The maximum absolute atomic E-state index is 12.5. The van der Waals surface area contributed by atoms with E-state index in [1.165, 1.54) is 14.2 Å². The Hall–Kier alpha value is -3.10. The number of methoxy groups -OCH3 is 2. The minimum atomic E-state index is -1.43. The van der Waals surface area contributed by atoms with Crippen LogP contribution in [-0.2, 0) is 19.1 Å². The zero-order chi connectivity index (χ0) is 20.6. The highest BCUT2D eigenvalue weighted by Gasteiger charge is 2.46. The summed E-state index contributed by atoms with van der Waals surface area (Å²) >= 11 is 0. The first-order chi connectivity index (χ1) is 13.4. The maximum Gasteiger partial charge on any atom is 0.323 e. The van der Waals surface area contributed by atoms with E-state index in [1.54, 1.807) is 6.08 Å². The van der Waals surface area contributed by atoms with Gasteiger partial charge in [-0.05, 0) is 60.7 Å². The van der Waals surface area contributed by atoms with Gasteiger partial charge in [0.2, 0.25) is 0 Å². The zero-order valence-corrected chi connectivity index (χ0v) is 16.8. The van der Waals surface area contributed by atoms with Gasteiger partial charge in [0, 0.05) is 0 Å². The third-order valence-electron chi connectivity index (χ3n) is 4.54. The lowest BCUT2D eigenvalue weighted by molar-refractivity contribution is -0.168. The van der Waals surface area contributed by atoms with Crippen molar-refractivity contribution in [2.24, 2.45) is 5.41 Å². The van der Waals surface area contributed by atoms with E-state index in [9.17, 15) is 9.59 Å². The van der Waals surface area contributed by atoms with Crippen LogP contribution in [0.2, 0.25) is 0 Å². The predicted molar refractivity (Wildman–Crippen MR) is 112 cm³/mol. The Labute approximate surface area is 166 Å². The Morgan fingerprint density at radius 3 is 2.21 bits per heavy atom. The van der Waals surface area contributed by atoms with Crippen molar-refractivity contribution < 1.29 is 19.1 Å². The van der Waals surface area contributed by atoms with Crippen LogP contribution in [0.15, 0.2) is 65.9 Å². The average Bonchev–Trinajstić information content (AvgIpc) is 2.71. The summed E-state index contributed by atoms with van der Waals surface area (Å²) in [6.07, 6.45) is 5.72. The molecule has 0 bridgehead atoms. The van der Waals surface area contributed by atoms with Crippen LogP contribution in [-0.4, -0.2) is 26.2 Å². The van der Waals surface area contributed by atoms with Gasteiger partial charge in [-0.1, -0.05) is 48.6 Å². The molecule has 28 heavy (non-hydrogen) atoms. The predicted octanol–water partition coefficient (Wildman–Crippen LogP) is 5.09. The monoisotopic (exact) mass is 378 g/mol. The molecule has 0 aliphatic heterocycles. The van der Waals surface area contributed by atoms with Gasteiger partial charge in [-0.3, -0.25) is 9.59 Å². The van der Waals surface area contributed by atoms with Gasteiger partial charge in [0.25, 0.3) is 0 Å². The van der Waals surface area contributed by atoms with E-state index in [2.05, 4.69) is 17.9 Å². The summed E-state index contributed by atoms with van der Waals surface area (Å²) in [5.41, 5.74) is 3.55. The second-order valence-corrected chi connectivity index (χ2v) is 6.83. The summed E-state index contributed by atoms with van der Waals surface area (Å²) in [5.74, 6) is -1.23. The number of ether oxygens (including phenoxy) is 2. The molecule has 0 spiro atoms. The molecule has 2 rings (SSSR count). The van der Waals surface area contributed by atoms with Gasteiger partial charge in [-0.15, -0.1) is 5.73 Å². The molecule has 2 aromatic carbocycles. The van der Waals surface area contributed by atoms with Gasteiger partial charge in [0.1, 0.15) is 0 Å². The molecule has 0 amide bonds. The fraction of sp³-hybridized carbons (Fsp3) is 0.292. The lowest BCUT2D eigenvalue weighted by Crippen LogP contribution is -2.40. The number of rotatable bonds is 7. The minimum Gasteiger partial charge on any atom is -0.468 e. The highest BCUT2D eigenvalue weighted by atomic mass is 16.5. The molecule has 0 aromatic heterocycles. The van der Waals surface area contributed by atoms with Gasteiger partial charge in [-0.25, -0.2) is 0 Å². The van der Waals surface area contributed by atoms with E-state index in [1.807, 2.05) is 56.3 Å². The highest BCUT2D eigenvalue weighted by Crippen LogP contribution is 2.32. The van der Waals surface area contributed by atoms with Crippen LogP contribution in [0.25, 0.3) is 16.8 Å². The van der Waals surface area contributed by atoms with Crippen LogP contribution < -0.4 is 0 Å². The normalized spacial score (nSPS) is 11.1. The van der Waals surface area contributed by atoms with Crippen molar-refractivity contribution in [3.8, 4) is 0 Å². The van der Waals surface area contributed by atoms with E-state index >= 15 is 0 Å². The van der Waals surface area contributed by atoms with Crippen molar-refractivity contribution in [1.29, 1.82) is 0 Å². The standard InChI is InChI=1S/C24H26O4/c1-18(2)9-7-15-24(22(25)27-3,23(26)28-4)16-8-10-19-13-14-20-11-5-6-12-21(20)17-19/h5-8,10-14,17H,15-16H2,1-4H3/b10-8+. The molecule has 2 aromatic rings. The Balaban J connectivity index is 2.33. The molecule has 0 radical (unpaired) electrons. The second kappa shape index (κ2) is 9.72. The van der Waals surface area contributed by atoms with Crippen LogP contribution in [0.5, 0.6) is 0 Å². The molecule has 4 nitrogen and oxygen atoms in total. The van der Waals surface area contributed by atoms with Gasteiger partial charge >= 0.3 is 11.9 Å². The van der Waals surface area contributed by atoms with Crippen molar-refractivity contribution in [2.45, 2.75) is 26.7 Å². The average molecular weight is 378 g/mol. The number of hydrogen-bond donors (Lipinski definition) is 0. The van der Waals surface area contributed by atoms with Gasteiger partial charge in [0.15, 0.2) is 5.41 Å². The van der Waals surface area contributed by atoms with Crippen molar-refractivity contribution in [2.75, 3.05) is 14.2 Å². The molecule has 0 aliphatic rings. The molecule has 0 saturated carbocycles. The number of allylic oxidation sites excluding steroid dienone is 2. The SMILES string of the molecule is COC(=O)C(CC=C=C(C)C)(C/C=C/c1ccc2ccccc2c1)C(=O)OC. The number of carbonyl (C=O) groups excluding carboxylic acids is 2. The number of fused-ring (bicyclic) bond motifs is 1. The number of hydrogen-bond acceptors (Lipinski definition) is 4. The summed E-state index contributed by atoms with van der Waals surface area (Å²) in [5, 5.41) is 2.29. The molecule has 0 fully saturated rings. The second-order valence-electron chi connectivity index (χ2n) is 6.83. The van der Waals surface area contributed by atoms with Gasteiger partial charge in [0.05, 0.1) is 14.2 Å². The van der Waals surface area contributed by atoms with E-state index < -0.39 is 17.4 Å². The smallest absolute Gasteiger partial charge is 0.323 e. The van der Waals surface area contributed by atoms with Crippen LogP contribution in [0.1, 0.15) is 32.3 Å². The lowest BCUT2D eigenvalue weighted by Gasteiger charge is -2.25. The molecule has 4 heteroatoms. The zero-order valence-electron chi connectivity index (χ0n) is 16.8. The first-order valence-electron chi connectivity index (χ1n) is 9.13. The summed E-state index contributed by atoms with van der Waals surface area (Å²) in [6.45, 7) is 3.79. The van der Waals surface area contributed by atoms with E-state index in [0.717, 1.165) is 21.9 Å². The van der Waals surface area contributed by atoms with Crippen LogP contribution in [0.4, 0.5) is 0 Å². The Kier molecular flexibility index (Phi) is 7.36. The van der Waals surface area contributed by atoms with Crippen LogP contribution in [0, 0.1) is 5.41 Å². The van der Waals surface area contributed by atoms with E-state index in [-0.39, 0.29) is 12.8 Å². The Morgan fingerprint density at radius 2 is 1.61 bits per heavy atom. The summed E-state index contributed by atoms with van der Waals surface area (Å²) in [4.78, 5) is 25.0. The summed E-state index contributed by atoms with van der Waals surface area (Å²) < 4.78 is 9.86. The van der Waals surface area contributed by atoms with Crippen molar-refractivity contribution in [3.63, 3.8) is 0 Å². The molecule has 0 aliphatic carbocycles. The van der Waals surface area contributed by atoms with Crippen LogP contribution >= 0.6 is 0 Å². The molecular formula is C24H26O4. The third kappa shape index (κ3) is 4.99. The minimum absolute atomic E-state index is 0.152. The first kappa shape index (κ1) is 21.2. The Bertz CT molecular complexity index is 926. The molecule has 0 saturated heterocycles. The molecule has 146 valence electrons. The fourth-order valence-electron chi connectivity index (χ4n) is 3.03. The summed E-state index contributed by atoms with van der Waals surface area (Å²) in [6, 6.07) is 14.2.